The van der Waals surface area contributed by atoms with Gasteiger partial charge in [-0.05, 0) is 19.1 Å². The van der Waals surface area contributed by atoms with Crippen LogP contribution in [0.5, 0.6) is 5.75 Å². The van der Waals surface area contributed by atoms with Gasteiger partial charge in [0, 0.05) is 11.8 Å². The van der Waals surface area contributed by atoms with Crippen molar-refractivity contribution in [1.82, 2.24) is 0 Å². The number of ether oxygens (including phenoxy) is 1. The summed E-state index contributed by atoms with van der Waals surface area (Å²) in [6.07, 6.45) is -1.65. The number of Topliss-reactive ketones (excluding diaryl/α,β-unsaturated/α-hetero) is 1. The van der Waals surface area contributed by atoms with E-state index in [2.05, 4.69) is 10.1 Å². The molecule has 0 radical (unpaired) electrons. The zero-order valence-electron chi connectivity index (χ0n) is 9.10. The van der Waals surface area contributed by atoms with Crippen LogP contribution in [-0.4, -0.2) is 23.0 Å². The van der Waals surface area contributed by atoms with Crippen molar-refractivity contribution in [1.29, 1.82) is 0 Å². The second kappa shape index (κ2) is 5.64. The molecule has 0 aliphatic rings. The number of amides is 1. The molecule has 1 rings (SSSR count). The van der Waals surface area contributed by atoms with E-state index in [0.29, 0.717) is 5.69 Å². The fourth-order valence-electron chi connectivity index (χ4n) is 1.17. The number of carboxylic acid groups (broad SMARTS) is 1. The summed E-state index contributed by atoms with van der Waals surface area (Å²) in [4.78, 5) is 32.3. The Labute approximate surface area is 97.2 Å². The third-order valence-corrected chi connectivity index (χ3v) is 1.73. The molecule has 6 nitrogen and oxygen atoms in total. The second-order valence-corrected chi connectivity index (χ2v) is 3.32. The monoisotopic (exact) mass is 237 g/mol. The van der Waals surface area contributed by atoms with Crippen molar-refractivity contribution in [3.05, 3.63) is 24.3 Å². The Morgan fingerprint density at radius 1 is 1.35 bits per heavy atom. The molecular weight excluding hydrogens is 226 g/mol. The summed E-state index contributed by atoms with van der Waals surface area (Å²) in [5.41, 5.74) is 0.370. The van der Waals surface area contributed by atoms with E-state index in [1.165, 1.54) is 25.1 Å². The Bertz CT molecular complexity index is 455. The average Bonchev–Trinajstić information content (AvgIpc) is 2.14. The Balaban J connectivity index is 2.68. The molecule has 90 valence electrons. The molecule has 0 aliphatic carbocycles. The molecule has 0 aromatic heterocycles. The molecule has 2 N–H and O–H groups in total. The number of carbonyl (C=O) groups is 3. The summed E-state index contributed by atoms with van der Waals surface area (Å²) in [7, 11) is 0. The second-order valence-electron chi connectivity index (χ2n) is 3.32. The maximum absolute atomic E-state index is 11.3. The van der Waals surface area contributed by atoms with Crippen molar-refractivity contribution in [2.45, 2.75) is 13.3 Å². The zero-order valence-corrected chi connectivity index (χ0v) is 9.10. The minimum Gasteiger partial charge on any atom is -0.449 e. The molecule has 1 aromatic carbocycles. The zero-order chi connectivity index (χ0) is 12.8. The molecule has 1 amide bonds. The van der Waals surface area contributed by atoms with Crippen LogP contribution in [0.25, 0.3) is 0 Å². The highest BCUT2D eigenvalue weighted by Crippen LogP contribution is 2.17. The van der Waals surface area contributed by atoms with E-state index in [1.54, 1.807) is 6.07 Å². The Hall–Kier alpha value is -2.37. The molecule has 6 heteroatoms. The van der Waals surface area contributed by atoms with Crippen molar-refractivity contribution in [2.75, 3.05) is 5.32 Å². The first kappa shape index (κ1) is 12.7. The molecular formula is C11H11NO5. The molecule has 0 fully saturated rings. The lowest BCUT2D eigenvalue weighted by Crippen LogP contribution is -2.14. The standard InChI is InChI=1S/C11H11NO5/c1-7(13)5-10(14)12-8-3-2-4-9(6-8)17-11(15)16/h2-4,6H,5H2,1H3,(H,12,14)(H,15,16). The summed E-state index contributed by atoms with van der Waals surface area (Å²) in [5.74, 6) is -0.608. The van der Waals surface area contributed by atoms with Crippen molar-refractivity contribution in [3.8, 4) is 5.75 Å². The van der Waals surface area contributed by atoms with Crippen LogP contribution in [0.3, 0.4) is 0 Å². The molecule has 0 unspecified atom stereocenters. The quantitative estimate of drug-likeness (QED) is 0.472. The van der Waals surface area contributed by atoms with Crippen LogP contribution in [0.4, 0.5) is 10.5 Å². The molecule has 0 atom stereocenters. The minimum absolute atomic E-state index is 0.0955. The number of benzene rings is 1. The van der Waals surface area contributed by atoms with Crippen LogP contribution in [0.1, 0.15) is 13.3 Å². The summed E-state index contributed by atoms with van der Waals surface area (Å²) < 4.78 is 4.42. The van der Waals surface area contributed by atoms with Crippen LogP contribution in [0.2, 0.25) is 0 Å². The molecule has 0 bridgehead atoms. The van der Waals surface area contributed by atoms with Gasteiger partial charge in [0.2, 0.25) is 5.91 Å². The SMILES string of the molecule is CC(=O)CC(=O)Nc1cccc(OC(=O)O)c1. The molecule has 1 aromatic rings. The van der Waals surface area contributed by atoms with Crippen molar-refractivity contribution in [3.63, 3.8) is 0 Å². The highest BCUT2D eigenvalue weighted by Gasteiger charge is 2.07. The Kier molecular flexibility index (Phi) is 4.21. The number of hydrogen-bond donors (Lipinski definition) is 2. The van der Waals surface area contributed by atoms with Crippen molar-refractivity contribution in [2.24, 2.45) is 0 Å². The van der Waals surface area contributed by atoms with Gasteiger partial charge in [0.15, 0.2) is 0 Å². The Morgan fingerprint density at radius 3 is 2.65 bits per heavy atom. The smallest absolute Gasteiger partial charge is 0.449 e. The van der Waals surface area contributed by atoms with E-state index >= 15 is 0 Å². The van der Waals surface area contributed by atoms with Gasteiger partial charge in [-0.3, -0.25) is 9.59 Å². The number of ketones is 1. The third-order valence-electron chi connectivity index (χ3n) is 1.73. The van der Waals surface area contributed by atoms with E-state index in [-0.39, 0.29) is 18.0 Å². The topological polar surface area (TPSA) is 92.7 Å². The highest BCUT2D eigenvalue weighted by atomic mass is 16.7. The van der Waals surface area contributed by atoms with Crippen LogP contribution in [-0.2, 0) is 9.59 Å². The summed E-state index contributed by atoms with van der Waals surface area (Å²) >= 11 is 0. The van der Waals surface area contributed by atoms with Crippen molar-refractivity contribution >= 4 is 23.5 Å². The number of rotatable bonds is 4. The number of hydrogen-bond acceptors (Lipinski definition) is 4. The molecule has 0 saturated carbocycles. The predicted molar refractivity (Wildman–Crippen MR) is 59.0 cm³/mol. The molecule has 0 saturated heterocycles. The van der Waals surface area contributed by atoms with E-state index in [9.17, 15) is 14.4 Å². The fourth-order valence-corrected chi connectivity index (χ4v) is 1.17. The van der Waals surface area contributed by atoms with Gasteiger partial charge in [-0.2, -0.15) is 0 Å². The van der Waals surface area contributed by atoms with E-state index < -0.39 is 12.1 Å². The van der Waals surface area contributed by atoms with Gasteiger partial charge in [0.1, 0.15) is 11.5 Å². The highest BCUT2D eigenvalue weighted by molar-refractivity contribution is 6.03. The first-order valence-corrected chi connectivity index (χ1v) is 4.77. The number of anilines is 1. The first-order valence-electron chi connectivity index (χ1n) is 4.77. The first-order chi connectivity index (χ1) is 7.97. The predicted octanol–water partition coefficient (Wildman–Crippen LogP) is 1.66. The van der Waals surface area contributed by atoms with Gasteiger partial charge >= 0.3 is 6.16 Å². The van der Waals surface area contributed by atoms with Gasteiger partial charge in [-0.25, -0.2) is 4.79 Å². The maximum atomic E-state index is 11.3. The van der Waals surface area contributed by atoms with Crippen LogP contribution < -0.4 is 10.1 Å². The minimum atomic E-state index is -1.43. The maximum Gasteiger partial charge on any atom is 0.511 e. The van der Waals surface area contributed by atoms with Gasteiger partial charge in [0.25, 0.3) is 0 Å². The normalized spacial score (nSPS) is 9.47. The molecule has 0 heterocycles. The van der Waals surface area contributed by atoms with Gasteiger partial charge in [-0.1, -0.05) is 6.07 Å². The molecule has 17 heavy (non-hydrogen) atoms. The van der Waals surface area contributed by atoms with Gasteiger partial charge in [0.05, 0.1) is 6.42 Å². The molecule has 0 aliphatic heterocycles. The van der Waals surface area contributed by atoms with E-state index in [1.807, 2.05) is 0 Å². The van der Waals surface area contributed by atoms with E-state index in [0.717, 1.165) is 0 Å². The van der Waals surface area contributed by atoms with Crippen LogP contribution in [0, 0.1) is 0 Å². The summed E-state index contributed by atoms with van der Waals surface area (Å²) in [6, 6.07) is 5.88. The number of nitrogens with one attached hydrogen (secondary N) is 1. The summed E-state index contributed by atoms with van der Waals surface area (Å²) in [5, 5.41) is 10.9. The summed E-state index contributed by atoms with van der Waals surface area (Å²) in [6.45, 7) is 1.31. The number of carbonyl (C=O) groups excluding carboxylic acids is 2. The molecule has 0 spiro atoms. The average molecular weight is 237 g/mol. The lowest BCUT2D eigenvalue weighted by atomic mass is 10.2. The van der Waals surface area contributed by atoms with Gasteiger partial charge < -0.3 is 15.2 Å². The Morgan fingerprint density at radius 2 is 2.06 bits per heavy atom. The largest absolute Gasteiger partial charge is 0.511 e. The van der Waals surface area contributed by atoms with Crippen molar-refractivity contribution < 1.29 is 24.2 Å². The van der Waals surface area contributed by atoms with Gasteiger partial charge in [-0.15, -0.1) is 0 Å². The lowest BCUT2D eigenvalue weighted by molar-refractivity contribution is -0.124. The fraction of sp³-hybridized carbons (Fsp3) is 0.182. The van der Waals surface area contributed by atoms with Crippen LogP contribution in [0.15, 0.2) is 24.3 Å². The van der Waals surface area contributed by atoms with E-state index in [4.69, 9.17) is 5.11 Å². The third kappa shape index (κ3) is 4.78. The van der Waals surface area contributed by atoms with Crippen LogP contribution >= 0.6 is 0 Å². The lowest BCUT2D eigenvalue weighted by Gasteiger charge is -2.05.